The van der Waals surface area contributed by atoms with Crippen LogP contribution in [-0.4, -0.2) is 37.5 Å². The molecule has 0 aromatic carbocycles. The van der Waals surface area contributed by atoms with Crippen LogP contribution in [0.5, 0.6) is 0 Å². The number of carbonyl (C=O) groups excluding carboxylic acids is 1. The maximum Gasteiger partial charge on any atom is 0.233 e. The Balaban J connectivity index is 2.36. The van der Waals surface area contributed by atoms with Crippen LogP contribution in [0.25, 0.3) is 0 Å². The summed E-state index contributed by atoms with van der Waals surface area (Å²) >= 11 is 0. The van der Waals surface area contributed by atoms with Crippen LogP contribution < -0.4 is 5.32 Å². The van der Waals surface area contributed by atoms with Crippen molar-refractivity contribution < 1.29 is 4.79 Å². The summed E-state index contributed by atoms with van der Waals surface area (Å²) in [6.07, 6.45) is 8.61. The molecule has 3 nitrogen and oxygen atoms in total. The van der Waals surface area contributed by atoms with Gasteiger partial charge in [0.15, 0.2) is 0 Å². The van der Waals surface area contributed by atoms with E-state index in [1.54, 1.807) is 7.05 Å². The molecule has 0 atom stereocenters. The van der Waals surface area contributed by atoms with E-state index in [0.29, 0.717) is 6.54 Å². The predicted molar refractivity (Wildman–Crippen MR) is 67.3 cm³/mol. The van der Waals surface area contributed by atoms with Crippen LogP contribution >= 0.6 is 0 Å². The largest absolute Gasteiger partial charge is 0.358 e. The fourth-order valence-corrected chi connectivity index (χ4v) is 2.40. The number of rotatable bonds is 6. The maximum atomic E-state index is 11.4. The van der Waals surface area contributed by atoms with Gasteiger partial charge in [-0.3, -0.25) is 9.69 Å². The van der Waals surface area contributed by atoms with Gasteiger partial charge in [-0.05, 0) is 18.8 Å². The Bertz CT molecular complexity index is 222. The molecule has 0 heterocycles. The average molecular weight is 224 g/mol. The standard InChI is InChI=1S/C13H24N2O/c1-3-9-15(11-13(16)14-2)10-12-7-5-4-6-8-12/h3,12H,1,4-11H2,2H3,(H,14,16). The van der Waals surface area contributed by atoms with Gasteiger partial charge in [-0.2, -0.15) is 0 Å². The molecule has 1 fully saturated rings. The Kier molecular flexibility index (Phi) is 6.16. The predicted octanol–water partition coefficient (Wildman–Crippen LogP) is 1.80. The molecule has 3 heteroatoms. The molecule has 0 aromatic rings. The Labute approximate surface area is 98.9 Å². The Hall–Kier alpha value is -0.830. The lowest BCUT2D eigenvalue weighted by atomic mass is 9.89. The normalized spacial score (nSPS) is 17.4. The second kappa shape index (κ2) is 7.44. The van der Waals surface area contributed by atoms with Crippen molar-refractivity contribution in [1.82, 2.24) is 10.2 Å². The van der Waals surface area contributed by atoms with E-state index < -0.39 is 0 Å². The Morgan fingerprint density at radius 2 is 2.12 bits per heavy atom. The van der Waals surface area contributed by atoms with Crippen LogP contribution in [0.1, 0.15) is 32.1 Å². The van der Waals surface area contributed by atoms with Gasteiger partial charge in [0.05, 0.1) is 6.54 Å². The van der Waals surface area contributed by atoms with Crippen LogP contribution in [0.15, 0.2) is 12.7 Å². The first-order valence-corrected chi connectivity index (χ1v) is 6.30. The summed E-state index contributed by atoms with van der Waals surface area (Å²) in [5.74, 6) is 0.871. The van der Waals surface area contributed by atoms with Crippen molar-refractivity contribution in [1.29, 1.82) is 0 Å². The highest BCUT2D eigenvalue weighted by Crippen LogP contribution is 2.24. The number of nitrogens with zero attached hydrogens (tertiary/aromatic N) is 1. The van der Waals surface area contributed by atoms with Crippen LogP contribution in [0.3, 0.4) is 0 Å². The third-order valence-corrected chi connectivity index (χ3v) is 3.27. The van der Waals surface area contributed by atoms with Crippen molar-refractivity contribution in [2.75, 3.05) is 26.7 Å². The van der Waals surface area contributed by atoms with E-state index in [1.807, 2.05) is 6.08 Å². The lowest BCUT2D eigenvalue weighted by molar-refractivity contribution is -0.121. The van der Waals surface area contributed by atoms with Gasteiger partial charge in [0.2, 0.25) is 5.91 Å². The zero-order valence-electron chi connectivity index (χ0n) is 10.4. The van der Waals surface area contributed by atoms with Crippen LogP contribution in [-0.2, 0) is 4.79 Å². The third kappa shape index (κ3) is 4.79. The van der Waals surface area contributed by atoms with Crippen molar-refractivity contribution in [3.63, 3.8) is 0 Å². The maximum absolute atomic E-state index is 11.4. The van der Waals surface area contributed by atoms with Crippen LogP contribution in [0.2, 0.25) is 0 Å². The smallest absolute Gasteiger partial charge is 0.233 e. The molecule has 0 radical (unpaired) electrons. The first kappa shape index (κ1) is 13.2. The van der Waals surface area contributed by atoms with Gasteiger partial charge < -0.3 is 5.32 Å². The topological polar surface area (TPSA) is 32.3 Å². The molecule has 0 spiro atoms. The van der Waals surface area contributed by atoms with Gasteiger partial charge in [-0.1, -0.05) is 25.3 Å². The third-order valence-electron chi connectivity index (χ3n) is 3.27. The number of amides is 1. The fraction of sp³-hybridized carbons (Fsp3) is 0.769. The summed E-state index contributed by atoms with van der Waals surface area (Å²) in [6, 6.07) is 0. The minimum Gasteiger partial charge on any atom is -0.358 e. The highest BCUT2D eigenvalue weighted by Gasteiger charge is 2.17. The molecule has 0 bridgehead atoms. The minimum absolute atomic E-state index is 0.0951. The zero-order valence-corrected chi connectivity index (χ0v) is 10.4. The number of hydrogen-bond acceptors (Lipinski definition) is 2. The number of carbonyl (C=O) groups is 1. The van der Waals surface area contributed by atoms with Gasteiger partial charge in [-0.15, -0.1) is 6.58 Å². The summed E-state index contributed by atoms with van der Waals surface area (Å²) in [4.78, 5) is 13.5. The van der Waals surface area contributed by atoms with Gasteiger partial charge in [0.1, 0.15) is 0 Å². The molecule has 1 amide bonds. The van der Waals surface area contributed by atoms with Crippen molar-refractivity contribution in [2.45, 2.75) is 32.1 Å². The molecule has 1 aliphatic rings. The first-order valence-electron chi connectivity index (χ1n) is 6.30. The van der Waals surface area contributed by atoms with E-state index in [1.165, 1.54) is 32.1 Å². The second-order valence-electron chi connectivity index (χ2n) is 4.66. The average Bonchev–Trinajstić information content (AvgIpc) is 2.30. The van der Waals surface area contributed by atoms with E-state index in [2.05, 4.69) is 16.8 Å². The van der Waals surface area contributed by atoms with Crippen molar-refractivity contribution in [3.8, 4) is 0 Å². The quantitative estimate of drug-likeness (QED) is 0.698. The molecule has 1 N–H and O–H groups in total. The summed E-state index contributed by atoms with van der Waals surface area (Å²) in [5.41, 5.74) is 0. The van der Waals surface area contributed by atoms with E-state index in [9.17, 15) is 4.79 Å². The molecule has 0 aliphatic heterocycles. The molecule has 0 saturated heterocycles. The highest BCUT2D eigenvalue weighted by atomic mass is 16.1. The molecule has 1 rings (SSSR count). The molecule has 0 unspecified atom stereocenters. The van der Waals surface area contributed by atoms with E-state index in [-0.39, 0.29) is 5.91 Å². The van der Waals surface area contributed by atoms with E-state index in [0.717, 1.165) is 19.0 Å². The van der Waals surface area contributed by atoms with Gasteiger partial charge in [0.25, 0.3) is 0 Å². The van der Waals surface area contributed by atoms with Crippen LogP contribution in [0, 0.1) is 5.92 Å². The molecular formula is C13H24N2O. The van der Waals surface area contributed by atoms with Crippen LogP contribution in [0.4, 0.5) is 0 Å². The zero-order chi connectivity index (χ0) is 11.8. The monoisotopic (exact) mass is 224 g/mol. The Morgan fingerprint density at radius 1 is 1.44 bits per heavy atom. The van der Waals surface area contributed by atoms with Crippen molar-refractivity contribution in [2.24, 2.45) is 5.92 Å². The van der Waals surface area contributed by atoms with Crippen molar-refractivity contribution in [3.05, 3.63) is 12.7 Å². The van der Waals surface area contributed by atoms with Gasteiger partial charge >= 0.3 is 0 Å². The van der Waals surface area contributed by atoms with Crippen molar-refractivity contribution >= 4 is 5.91 Å². The molecule has 16 heavy (non-hydrogen) atoms. The number of nitrogens with one attached hydrogen (secondary N) is 1. The summed E-state index contributed by atoms with van der Waals surface area (Å²) < 4.78 is 0. The first-order chi connectivity index (χ1) is 7.76. The summed E-state index contributed by atoms with van der Waals surface area (Å²) in [5, 5.41) is 2.68. The fourth-order valence-electron chi connectivity index (χ4n) is 2.40. The molecule has 1 aliphatic carbocycles. The molecule has 92 valence electrons. The lowest BCUT2D eigenvalue weighted by Gasteiger charge is -2.28. The van der Waals surface area contributed by atoms with Gasteiger partial charge in [-0.25, -0.2) is 0 Å². The molecule has 0 aromatic heterocycles. The lowest BCUT2D eigenvalue weighted by Crippen LogP contribution is -2.38. The Morgan fingerprint density at radius 3 is 2.69 bits per heavy atom. The number of hydrogen-bond donors (Lipinski definition) is 1. The minimum atomic E-state index is 0.0951. The molecular weight excluding hydrogens is 200 g/mol. The number of likely N-dealkylation sites (N-methyl/N-ethyl adjacent to an activating group) is 1. The highest BCUT2D eigenvalue weighted by molar-refractivity contribution is 5.77. The summed E-state index contributed by atoms with van der Waals surface area (Å²) in [7, 11) is 1.69. The van der Waals surface area contributed by atoms with Gasteiger partial charge in [0, 0.05) is 20.1 Å². The van der Waals surface area contributed by atoms with E-state index in [4.69, 9.17) is 0 Å². The summed E-state index contributed by atoms with van der Waals surface area (Å²) in [6.45, 7) is 6.10. The second-order valence-corrected chi connectivity index (χ2v) is 4.66. The molecule has 1 saturated carbocycles. The SMILES string of the molecule is C=CCN(CC(=O)NC)CC1CCCCC1. The van der Waals surface area contributed by atoms with E-state index >= 15 is 0 Å².